The van der Waals surface area contributed by atoms with Crippen molar-refractivity contribution < 1.29 is 9.32 Å². The number of carbonyl (C=O) groups excluding carboxylic acids is 1. The first-order valence-corrected chi connectivity index (χ1v) is 7.13. The van der Waals surface area contributed by atoms with Gasteiger partial charge in [0.15, 0.2) is 5.82 Å². The van der Waals surface area contributed by atoms with Crippen LogP contribution in [0.3, 0.4) is 0 Å². The Morgan fingerprint density at radius 2 is 1.83 bits per heavy atom. The van der Waals surface area contributed by atoms with Gasteiger partial charge < -0.3 is 15.2 Å². The number of rotatable bonds is 4. The Kier molecular flexibility index (Phi) is 4.05. The molecule has 3 rings (SSSR count). The smallest absolute Gasteiger partial charge is 0.257 e. The first kappa shape index (κ1) is 14.8. The number of anilines is 3. The van der Waals surface area contributed by atoms with Gasteiger partial charge in [0.25, 0.3) is 5.91 Å². The molecule has 116 valence electrons. The van der Waals surface area contributed by atoms with Gasteiger partial charge in [0.05, 0.1) is 17.4 Å². The molecule has 0 atom stereocenters. The fourth-order valence-corrected chi connectivity index (χ4v) is 2.05. The minimum Gasteiger partial charge on any atom is -0.360 e. The van der Waals surface area contributed by atoms with Crippen LogP contribution in [0.15, 0.2) is 53.3 Å². The van der Waals surface area contributed by atoms with Gasteiger partial charge in [-0.1, -0.05) is 22.9 Å². The molecule has 0 saturated heterocycles. The van der Waals surface area contributed by atoms with E-state index in [1.165, 1.54) is 6.20 Å². The number of nitrogens with one attached hydrogen (secondary N) is 2. The summed E-state index contributed by atoms with van der Waals surface area (Å²) in [7, 11) is 0. The molecule has 0 aliphatic rings. The van der Waals surface area contributed by atoms with Crippen molar-refractivity contribution in [1.82, 2.24) is 10.1 Å². The van der Waals surface area contributed by atoms with Crippen LogP contribution < -0.4 is 10.6 Å². The summed E-state index contributed by atoms with van der Waals surface area (Å²) in [4.78, 5) is 16.4. The highest BCUT2D eigenvalue weighted by molar-refractivity contribution is 6.04. The Morgan fingerprint density at radius 1 is 1.04 bits per heavy atom. The van der Waals surface area contributed by atoms with Crippen molar-refractivity contribution in [3.05, 3.63) is 65.7 Å². The van der Waals surface area contributed by atoms with Crippen LogP contribution in [0.2, 0.25) is 0 Å². The van der Waals surface area contributed by atoms with E-state index in [1.54, 1.807) is 18.3 Å². The molecule has 0 bridgehead atoms. The van der Waals surface area contributed by atoms with E-state index in [2.05, 4.69) is 20.8 Å². The van der Waals surface area contributed by atoms with E-state index in [-0.39, 0.29) is 5.91 Å². The van der Waals surface area contributed by atoms with Crippen molar-refractivity contribution in [1.29, 1.82) is 0 Å². The van der Waals surface area contributed by atoms with Gasteiger partial charge in [-0.3, -0.25) is 9.78 Å². The molecule has 2 heterocycles. The molecule has 0 aliphatic heterocycles. The molecule has 1 aromatic carbocycles. The number of hydrogen-bond acceptors (Lipinski definition) is 5. The fourth-order valence-electron chi connectivity index (χ4n) is 2.05. The third kappa shape index (κ3) is 3.74. The van der Waals surface area contributed by atoms with Crippen molar-refractivity contribution >= 4 is 23.1 Å². The van der Waals surface area contributed by atoms with Crippen molar-refractivity contribution in [2.75, 3.05) is 10.6 Å². The molecule has 23 heavy (non-hydrogen) atoms. The van der Waals surface area contributed by atoms with Crippen molar-refractivity contribution in [3.63, 3.8) is 0 Å². The van der Waals surface area contributed by atoms with E-state index < -0.39 is 0 Å². The number of carbonyl (C=O) groups is 1. The van der Waals surface area contributed by atoms with E-state index in [0.717, 1.165) is 11.3 Å². The Morgan fingerprint density at radius 3 is 2.52 bits per heavy atom. The van der Waals surface area contributed by atoms with E-state index >= 15 is 0 Å². The molecule has 0 spiro atoms. The van der Waals surface area contributed by atoms with Crippen LogP contribution in [0.5, 0.6) is 0 Å². The Hall–Kier alpha value is -3.15. The van der Waals surface area contributed by atoms with E-state index in [9.17, 15) is 4.79 Å². The van der Waals surface area contributed by atoms with Gasteiger partial charge in [0.1, 0.15) is 5.76 Å². The molecule has 2 N–H and O–H groups in total. The Balaban J connectivity index is 1.73. The maximum absolute atomic E-state index is 12.3. The molecular weight excluding hydrogens is 292 g/mol. The van der Waals surface area contributed by atoms with Crippen LogP contribution in [0.4, 0.5) is 17.2 Å². The summed E-state index contributed by atoms with van der Waals surface area (Å²) >= 11 is 0. The number of amides is 1. The summed E-state index contributed by atoms with van der Waals surface area (Å²) < 4.78 is 4.99. The average molecular weight is 308 g/mol. The van der Waals surface area contributed by atoms with Crippen molar-refractivity contribution in [2.45, 2.75) is 13.8 Å². The van der Waals surface area contributed by atoms with Crippen LogP contribution in [0, 0.1) is 13.8 Å². The van der Waals surface area contributed by atoms with Gasteiger partial charge in [0.2, 0.25) is 0 Å². The highest BCUT2D eigenvalue weighted by atomic mass is 16.5. The van der Waals surface area contributed by atoms with Gasteiger partial charge in [-0.2, -0.15) is 0 Å². The number of aromatic nitrogens is 2. The van der Waals surface area contributed by atoms with Crippen LogP contribution in [-0.2, 0) is 0 Å². The zero-order chi connectivity index (χ0) is 16.2. The molecule has 0 saturated carbocycles. The Labute approximate surface area is 133 Å². The first-order chi connectivity index (χ1) is 11.1. The van der Waals surface area contributed by atoms with Gasteiger partial charge in [-0.25, -0.2) is 0 Å². The van der Waals surface area contributed by atoms with Crippen molar-refractivity contribution in [3.8, 4) is 0 Å². The number of benzene rings is 1. The lowest BCUT2D eigenvalue weighted by Crippen LogP contribution is -2.12. The highest BCUT2D eigenvalue weighted by Crippen LogP contribution is 2.17. The number of aryl methyl sites for hydroxylation is 2. The molecule has 0 unspecified atom stereocenters. The second kappa shape index (κ2) is 6.31. The fraction of sp³-hybridized carbons (Fsp3) is 0.118. The van der Waals surface area contributed by atoms with Crippen LogP contribution in [-0.4, -0.2) is 16.0 Å². The SMILES string of the molecule is Cc1ccc(NC(=O)c2cncc(Nc3cc(C)on3)c2)cc1. The minimum absolute atomic E-state index is 0.221. The molecule has 0 aliphatic carbocycles. The monoisotopic (exact) mass is 308 g/mol. The van der Waals surface area contributed by atoms with Gasteiger partial charge in [-0.05, 0) is 32.0 Å². The average Bonchev–Trinajstić information content (AvgIpc) is 2.95. The predicted molar refractivity (Wildman–Crippen MR) is 87.9 cm³/mol. The lowest BCUT2D eigenvalue weighted by atomic mass is 10.2. The summed E-state index contributed by atoms with van der Waals surface area (Å²) in [5.41, 5.74) is 3.00. The van der Waals surface area contributed by atoms with Gasteiger partial charge in [0, 0.05) is 18.0 Å². The van der Waals surface area contributed by atoms with E-state index in [1.807, 2.05) is 38.1 Å². The second-order valence-electron chi connectivity index (χ2n) is 5.23. The molecule has 6 nitrogen and oxygen atoms in total. The van der Waals surface area contributed by atoms with Crippen molar-refractivity contribution in [2.24, 2.45) is 0 Å². The summed E-state index contributed by atoms with van der Waals surface area (Å²) in [6.45, 7) is 3.80. The molecule has 0 radical (unpaired) electrons. The normalized spacial score (nSPS) is 10.3. The number of hydrogen-bond donors (Lipinski definition) is 2. The molecule has 1 amide bonds. The lowest BCUT2D eigenvalue weighted by Gasteiger charge is -2.07. The lowest BCUT2D eigenvalue weighted by molar-refractivity contribution is 0.102. The van der Waals surface area contributed by atoms with E-state index in [4.69, 9.17) is 4.52 Å². The molecule has 0 fully saturated rings. The topological polar surface area (TPSA) is 80.0 Å². The van der Waals surface area contributed by atoms with Crippen LogP contribution in [0.25, 0.3) is 0 Å². The van der Waals surface area contributed by atoms with Crippen LogP contribution in [0.1, 0.15) is 21.7 Å². The molecule has 6 heteroatoms. The third-order valence-electron chi connectivity index (χ3n) is 3.21. The number of nitrogens with zero attached hydrogens (tertiary/aromatic N) is 2. The summed E-state index contributed by atoms with van der Waals surface area (Å²) in [5, 5.41) is 9.73. The maximum Gasteiger partial charge on any atom is 0.257 e. The minimum atomic E-state index is -0.221. The molecule has 3 aromatic rings. The molecular formula is C17H16N4O2. The quantitative estimate of drug-likeness (QED) is 0.768. The summed E-state index contributed by atoms with van der Waals surface area (Å²) in [6, 6.07) is 11.1. The number of pyridine rings is 1. The van der Waals surface area contributed by atoms with E-state index in [0.29, 0.717) is 22.8 Å². The summed E-state index contributed by atoms with van der Waals surface area (Å²) in [6.07, 6.45) is 3.13. The Bertz CT molecular complexity index is 825. The molecule has 2 aromatic heterocycles. The second-order valence-corrected chi connectivity index (χ2v) is 5.23. The van der Waals surface area contributed by atoms with Crippen LogP contribution >= 0.6 is 0 Å². The first-order valence-electron chi connectivity index (χ1n) is 7.13. The summed E-state index contributed by atoms with van der Waals surface area (Å²) in [5.74, 6) is 1.05. The van der Waals surface area contributed by atoms with Gasteiger partial charge in [-0.15, -0.1) is 0 Å². The maximum atomic E-state index is 12.3. The predicted octanol–water partition coefficient (Wildman–Crippen LogP) is 3.68. The highest BCUT2D eigenvalue weighted by Gasteiger charge is 2.08. The largest absolute Gasteiger partial charge is 0.360 e. The zero-order valence-electron chi connectivity index (χ0n) is 12.8. The van der Waals surface area contributed by atoms with Gasteiger partial charge >= 0.3 is 0 Å². The standard InChI is InChI=1S/C17H16N4O2/c1-11-3-5-14(6-4-11)20-17(22)13-8-15(10-18-9-13)19-16-7-12(2)23-21-16/h3-10H,1-2H3,(H,19,21)(H,20,22). The zero-order valence-corrected chi connectivity index (χ0v) is 12.8. The third-order valence-corrected chi connectivity index (χ3v) is 3.21.